The molecule has 1 N–H and O–H groups in total. The van der Waals surface area contributed by atoms with Crippen LogP contribution in [0, 0.1) is 23.0 Å². The molecule has 1 aromatic rings. The Morgan fingerprint density at radius 1 is 1.31 bits per heavy atom. The molecule has 0 atom stereocenters. The summed E-state index contributed by atoms with van der Waals surface area (Å²) in [6.45, 7) is 2.97. The van der Waals surface area contributed by atoms with Crippen LogP contribution < -0.4 is 5.32 Å². The standard InChI is InChI=1S/C11H10F2N2O/c1-11(2,6-14)15-10(16)7-3-8(12)5-9(13)4-7/h3-5H,1-2H3,(H,15,16). The minimum absolute atomic E-state index is 0.152. The van der Waals surface area contributed by atoms with Crippen LogP contribution in [-0.4, -0.2) is 11.4 Å². The Bertz CT molecular complexity index is 443. The molecular formula is C11H10F2N2O. The quantitative estimate of drug-likeness (QED) is 0.835. The van der Waals surface area contributed by atoms with Crippen molar-refractivity contribution in [2.45, 2.75) is 19.4 Å². The third kappa shape index (κ3) is 3.02. The molecule has 1 aromatic carbocycles. The zero-order valence-corrected chi connectivity index (χ0v) is 8.84. The van der Waals surface area contributed by atoms with Gasteiger partial charge in [0.1, 0.15) is 17.2 Å². The predicted molar refractivity (Wildman–Crippen MR) is 53.5 cm³/mol. The molecule has 84 valence electrons. The molecule has 0 spiro atoms. The smallest absolute Gasteiger partial charge is 0.252 e. The van der Waals surface area contributed by atoms with Gasteiger partial charge in [0, 0.05) is 11.6 Å². The topological polar surface area (TPSA) is 52.9 Å². The summed E-state index contributed by atoms with van der Waals surface area (Å²) < 4.78 is 25.6. The van der Waals surface area contributed by atoms with E-state index in [1.807, 2.05) is 6.07 Å². The molecule has 0 bridgehead atoms. The molecule has 1 rings (SSSR count). The number of nitriles is 1. The third-order valence-electron chi connectivity index (χ3n) is 1.83. The molecule has 16 heavy (non-hydrogen) atoms. The van der Waals surface area contributed by atoms with Crippen LogP contribution in [0.25, 0.3) is 0 Å². The van der Waals surface area contributed by atoms with Gasteiger partial charge in [0.15, 0.2) is 0 Å². The van der Waals surface area contributed by atoms with Crippen molar-refractivity contribution in [3.05, 3.63) is 35.4 Å². The van der Waals surface area contributed by atoms with Crippen molar-refractivity contribution in [3.63, 3.8) is 0 Å². The fourth-order valence-electron chi connectivity index (χ4n) is 1.07. The molecule has 0 aliphatic heterocycles. The van der Waals surface area contributed by atoms with Gasteiger partial charge in [-0.3, -0.25) is 4.79 Å². The summed E-state index contributed by atoms with van der Waals surface area (Å²) in [7, 11) is 0. The summed E-state index contributed by atoms with van der Waals surface area (Å²) in [6, 6.07) is 4.34. The van der Waals surface area contributed by atoms with Crippen molar-refractivity contribution in [1.29, 1.82) is 5.26 Å². The summed E-state index contributed by atoms with van der Waals surface area (Å²) in [5.41, 5.74) is -1.24. The molecule has 1 amide bonds. The van der Waals surface area contributed by atoms with Gasteiger partial charge >= 0.3 is 0 Å². The lowest BCUT2D eigenvalue weighted by Crippen LogP contribution is -2.42. The summed E-state index contributed by atoms with van der Waals surface area (Å²) in [6.07, 6.45) is 0. The van der Waals surface area contributed by atoms with E-state index in [0.717, 1.165) is 12.1 Å². The highest BCUT2D eigenvalue weighted by Gasteiger charge is 2.20. The zero-order valence-electron chi connectivity index (χ0n) is 8.84. The van der Waals surface area contributed by atoms with E-state index < -0.39 is 23.1 Å². The van der Waals surface area contributed by atoms with Crippen molar-refractivity contribution >= 4 is 5.91 Å². The van der Waals surface area contributed by atoms with E-state index in [0.29, 0.717) is 6.07 Å². The molecule has 0 heterocycles. The molecule has 0 aliphatic rings. The highest BCUT2D eigenvalue weighted by atomic mass is 19.1. The van der Waals surface area contributed by atoms with Gasteiger partial charge in [-0.2, -0.15) is 5.26 Å². The first kappa shape index (κ1) is 12.1. The van der Waals surface area contributed by atoms with Crippen LogP contribution in [-0.2, 0) is 0 Å². The van der Waals surface area contributed by atoms with Crippen LogP contribution in [0.5, 0.6) is 0 Å². The van der Waals surface area contributed by atoms with Crippen molar-refractivity contribution in [2.75, 3.05) is 0 Å². The van der Waals surface area contributed by atoms with Gasteiger partial charge < -0.3 is 5.32 Å². The molecule has 0 aromatic heterocycles. The summed E-state index contributed by atoms with van der Waals surface area (Å²) in [4.78, 5) is 11.5. The van der Waals surface area contributed by atoms with Crippen LogP contribution in [0.1, 0.15) is 24.2 Å². The van der Waals surface area contributed by atoms with Gasteiger partial charge in [-0.05, 0) is 26.0 Å². The zero-order chi connectivity index (χ0) is 12.3. The average molecular weight is 224 g/mol. The highest BCUT2D eigenvalue weighted by molar-refractivity contribution is 5.94. The van der Waals surface area contributed by atoms with E-state index in [1.165, 1.54) is 13.8 Å². The molecule has 3 nitrogen and oxygen atoms in total. The van der Waals surface area contributed by atoms with E-state index in [2.05, 4.69) is 5.32 Å². The van der Waals surface area contributed by atoms with Crippen LogP contribution in [0.2, 0.25) is 0 Å². The van der Waals surface area contributed by atoms with Crippen LogP contribution in [0.4, 0.5) is 8.78 Å². The van der Waals surface area contributed by atoms with Gasteiger partial charge in [-0.1, -0.05) is 0 Å². The minimum atomic E-state index is -1.08. The van der Waals surface area contributed by atoms with E-state index in [4.69, 9.17) is 5.26 Å². The number of hydrogen-bond donors (Lipinski definition) is 1. The SMILES string of the molecule is CC(C)(C#N)NC(=O)c1cc(F)cc(F)c1. The lowest BCUT2D eigenvalue weighted by atomic mass is 10.1. The largest absolute Gasteiger partial charge is 0.334 e. The monoisotopic (exact) mass is 224 g/mol. The average Bonchev–Trinajstić information content (AvgIpc) is 2.15. The number of nitrogens with zero attached hydrogens (tertiary/aromatic N) is 1. The van der Waals surface area contributed by atoms with Crippen LogP contribution in [0.3, 0.4) is 0 Å². The molecular weight excluding hydrogens is 214 g/mol. The summed E-state index contributed by atoms with van der Waals surface area (Å²) >= 11 is 0. The van der Waals surface area contributed by atoms with Gasteiger partial charge in [-0.25, -0.2) is 8.78 Å². The number of carbonyl (C=O) groups excluding carboxylic acids is 1. The number of halogens is 2. The number of nitrogens with one attached hydrogen (secondary N) is 1. The maximum absolute atomic E-state index is 12.8. The molecule has 5 heteroatoms. The lowest BCUT2D eigenvalue weighted by molar-refractivity contribution is 0.0928. The number of rotatable bonds is 2. The first-order chi connectivity index (χ1) is 7.34. The fraction of sp³-hybridized carbons (Fsp3) is 0.273. The van der Waals surface area contributed by atoms with Crippen molar-refractivity contribution in [1.82, 2.24) is 5.32 Å². The first-order valence-corrected chi connectivity index (χ1v) is 4.54. The second-order valence-electron chi connectivity index (χ2n) is 3.85. The highest BCUT2D eigenvalue weighted by Crippen LogP contribution is 2.09. The van der Waals surface area contributed by atoms with Gasteiger partial charge in [-0.15, -0.1) is 0 Å². The Hall–Kier alpha value is -1.96. The Morgan fingerprint density at radius 2 is 1.81 bits per heavy atom. The predicted octanol–water partition coefficient (Wildman–Crippen LogP) is 2.00. The molecule has 0 aliphatic carbocycles. The van der Waals surface area contributed by atoms with Gasteiger partial charge in [0.25, 0.3) is 5.91 Å². The summed E-state index contributed by atoms with van der Waals surface area (Å²) in [5.74, 6) is -2.36. The van der Waals surface area contributed by atoms with E-state index in [1.54, 1.807) is 0 Å². The Kier molecular flexibility index (Phi) is 3.23. The molecule has 0 saturated carbocycles. The van der Waals surface area contributed by atoms with Crippen molar-refractivity contribution in [2.24, 2.45) is 0 Å². The maximum Gasteiger partial charge on any atom is 0.252 e. The van der Waals surface area contributed by atoms with Crippen LogP contribution in [0.15, 0.2) is 18.2 Å². The molecule has 0 fully saturated rings. The Morgan fingerprint density at radius 3 is 2.25 bits per heavy atom. The minimum Gasteiger partial charge on any atom is -0.334 e. The molecule has 0 radical (unpaired) electrons. The maximum atomic E-state index is 12.8. The third-order valence-corrected chi connectivity index (χ3v) is 1.83. The Balaban J connectivity index is 2.94. The number of benzene rings is 1. The number of carbonyl (C=O) groups is 1. The van der Waals surface area contributed by atoms with Gasteiger partial charge in [0.05, 0.1) is 6.07 Å². The normalized spacial score (nSPS) is 10.7. The summed E-state index contributed by atoms with van der Waals surface area (Å²) in [5, 5.41) is 11.0. The fourth-order valence-corrected chi connectivity index (χ4v) is 1.07. The molecule has 0 saturated heterocycles. The lowest BCUT2D eigenvalue weighted by Gasteiger charge is -2.17. The Labute approximate surface area is 91.7 Å². The van der Waals surface area contributed by atoms with E-state index in [9.17, 15) is 13.6 Å². The first-order valence-electron chi connectivity index (χ1n) is 4.54. The van der Waals surface area contributed by atoms with Crippen molar-refractivity contribution in [3.8, 4) is 6.07 Å². The van der Waals surface area contributed by atoms with Crippen molar-refractivity contribution < 1.29 is 13.6 Å². The second-order valence-corrected chi connectivity index (χ2v) is 3.85. The molecule has 0 unspecified atom stereocenters. The van der Waals surface area contributed by atoms with E-state index in [-0.39, 0.29) is 5.56 Å². The van der Waals surface area contributed by atoms with Gasteiger partial charge in [0.2, 0.25) is 0 Å². The number of amides is 1. The van der Waals surface area contributed by atoms with Crippen LogP contribution >= 0.6 is 0 Å². The van der Waals surface area contributed by atoms with E-state index >= 15 is 0 Å². The second kappa shape index (κ2) is 4.27. The number of hydrogen-bond acceptors (Lipinski definition) is 2.